The molecule has 1 heterocycles. The quantitative estimate of drug-likeness (QED) is 0.314. The van der Waals surface area contributed by atoms with Crippen molar-refractivity contribution in [3.8, 4) is 0 Å². The third-order valence-electron chi connectivity index (χ3n) is 4.05. The number of unbranched alkanes of at least 4 members (excludes halogenated alkanes) is 2. The third-order valence-corrected chi connectivity index (χ3v) is 4.05. The summed E-state index contributed by atoms with van der Waals surface area (Å²) >= 11 is 0. The molecule has 0 aliphatic rings. The minimum atomic E-state index is 0.245. The predicted molar refractivity (Wildman–Crippen MR) is 120 cm³/mol. The van der Waals surface area contributed by atoms with Crippen LogP contribution in [0.5, 0.6) is 0 Å². The number of nitrogens with zero attached hydrogens (tertiary/aromatic N) is 4. The summed E-state index contributed by atoms with van der Waals surface area (Å²) in [4.78, 5) is 16.1. The van der Waals surface area contributed by atoms with E-state index in [2.05, 4.69) is 58.2 Å². The SMILES string of the molecule is CCCCN(CCCC)c1nc(NCCOCCOCCN)nc(NC(C)C)n1. The van der Waals surface area contributed by atoms with E-state index in [1.807, 2.05) is 0 Å². The van der Waals surface area contributed by atoms with E-state index in [4.69, 9.17) is 15.2 Å². The lowest BCUT2D eigenvalue weighted by atomic mass is 10.3. The van der Waals surface area contributed by atoms with E-state index in [0.717, 1.165) is 44.7 Å². The zero-order valence-corrected chi connectivity index (χ0v) is 18.7. The van der Waals surface area contributed by atoms with Crippen LogP contribution in [0.1, 0.15) is 53.4 Å². The van der Waals surface area contributed by atoms with Crippen LogP contribution < -0.4 is 21.3 Å². The standard InChI is InChI=1S/C20H41N7O2/c1-5-7-11-27(12-8-6-2)20-25-18(24-19(26-20)23-17(3)4)22-10-14-29-16-15-28-13-9-21/h17H,5-16,21H2,1-4H3,(H2,22,23,24,25,26). The van der Waals surface area contributed by atoms with Crippen molar-refractivity contribution in [1.82, 2.24) is 15.0 Å². The Bertz CT molecular complexity index is 524. The van der Waals surface area contributed by atoms with Gasteiger partial charge in [-0.25, -0.2) is 0 Å². The summed E-state index contributed by atoms with van der Waals surface area (Å²) in [7, 11) is 0. The Hall–Kier alpha value is -1.71. The van der Waals surface area contributed by atoms with E-state index in [0.29, 0.717) is 51.4 Å². The van der Waals surface area contributed by atoms with E-state index in [1.165, 1.54) is 0 Å². The van der Waals surface area contributed by atoms with Crippen LogP contribution in [0, 0.1) is 0 Å². The highest BCUT2D eigenvalue weighted by Crippen LogP contribution is 2.16. The maximum absolute atomic E-state index is 5.56. The number of hydrogen-bond acceptors (Lipinski definition) is 9. The molecule has 0 fully saturated rings. The van der Waals surface area contributed by atoms with Gasteiger partial charge in [0.1, 0.15) is 0 Å². The molecule has 1 rings (SSSR count). The van der Waals surface area contributed by atoms with Crippen LogP contribution in [0.25, 0.3) is 0 Å². The van der Waals surface area contributed by atoms with Gasteiger partial charge >= 0.3 is 0 Å². The minimum Gasteiger partial charge on any atom is -0.378 e. The summed E-state index contributed by atoms with van der Waals surface area (Å²) in [5.74, 6) is 1.89. The van der Waals surface area contributed by atoms with Gasteiger partial charge in [0.15, 0.2) is 0 Å². The average molecular weight is 412 g/mol. The monoisotopic (exact) mass is 411 g/mol. The fourth-order valence-corrected chi connectivity index (χ4v) is 2.56. The number of anilines is 3. The molecule has 0 aromatic carbocycles. The fourth-order valence-electron chi connectivity index (χ4n) is 2.56. The first-order valence-electron chi connectivity index (χ1n) is 11.0. The molecule has 0 unspecified atom stereocenters. The molecule has 0 aliphatic carbocycles. The molecule has 0 saturated heterocycles. The molecule has 0 radical (unpaired) electrons. The molecule has 0 spiro atoms. The van der Waals surface area contributed by atoms with Gasteiger partial charge in [0, 0.05) is 32.2 Å². The molecular formula is C20H41N7O2. The smallest absolute Gasteiger partial charge is 0.231 e. The second-order valence-corrected chi connectivity index (χ2v) is 7.22. The molecule has 1 aromatic heterocycles. The molecule has 0 bridgehead atoms. The van der Waals surface area contributed by atoms with Crippen molar-refractivity contribution in [2.45, 2.75) is 59.4 Å². The van der Waals surface area contributed by atoms with Crippen LogP contribution in [-0.4, -0.2) is 73.6 Å². The van der Waals surface area contributed by atoms with E-state index < -0.39 is 0 Å². The third kappa shape index (κ3) is 11.8. The Morgan fingerprint density at radius 3 is 2.10 bits per heavy atom. The molecule has 9 heteroatoms. The first-order valence-corrected chi connectivity index (χ1v) is 11.0. The van der Waals surface area contributed by atoms with Gasteiger partial charge in [-0.1, -0.05) is 26.7 Å². The molecule has 4 N–H and O–H groups in total. The number of rotatable bonds is 18. The van der Waals surface area contributed by atoms with E-state index in [-0.39, 0.29) is 6.04 Å². The molecule has 0 atom stereocenters. The molecule has 29 heavy (non-hydrogen) atoms. The lowest BCUT2D eigenvalue weighted by molar-refractivity contribution is 0.0547. The highest BCUT2D eigenvalue weighted by atomic mass is 16.5. The van der Waals surface area contributed by atoms with E-state index >= 15 is 0 Å². The summed E-state index contributed by atoms with van der Waals surface area (Å²) in [6, 6.07) is 0.245. The second kappa shape index (κ2) is 16.1. The van der Waals surface area contributed by atoms with Crippen LogP contribution in [0.2, 0.25) is 0 Å². The number of ether oxygens (including phenoxy) is 2. The summed E-state index contributed by atoms with van der Waals surface area (Å²) < 4.78 is 10.8. The number of hydrogen-bond donors (Lipinski definition) is 3. The zero-order valence-electron chi connectivity index (χ0n) is 18.7. The largest absolute Gasteiger partial charge is 0.378 e. The van der Waals surface area contributed by atoms with Crippen molar-refractivity contribution in [2.24, 2.45) is 5.73 Å². The summed E-state index contributed by atoms with van der Waals surface area (Å²) in [5.41, 5.74) is 5.38. The van der Waals surface area contributed by atoms with Crippen molar-refractivity contribution >= 4 is 17.8 Å². The lowest BCUT2D eigenvalue weighted by Gasteiger charge is -2.23. The van der Waals surface area contributed by atoms with Gasteiger partial charge in [-0.3, -0.25) is 0 Å². The van der Waals surface area contributed by atoms with Crippen LogP contribution in [0.3, 0.4) is 0 Å². The Labute approximate surface area is 176 Å². The second-order valence-electron chi connectivity index (χ2n) is 7.22. The molecule has 0 aliphatic heterocycles. The van der Waals surface area contributed by atoms with Gasteiger partial charge in [-0.15, -0.1) is 0 Å². The van der Waals surface area contributed by atoms with Gasteiger partial charge < -0.3 is 30.7 Å². The van der Waals surface area contributed by atoms with Crippen molar-refractivity contribution < 1.29 is 9.47 Å². The topological polar surface area (TPSA) is 110 Å². The van der Waals surface area contributed by atoms with Crippen molar-refractivity contribution in [1.29, 1.82) is 0 Å². The van der Waals surface area contributed by atoms with Crippen molar-refractivity contribution in [3.05, 3.63) is 0 Å². The zero-order chi connectivity index (χ0) is 21.3. The molecular weight excluding hydrogens is 370 g/mol. The van der Waals surface area contributed by atoms with E-state index in [9.17, 15) is 0 Å². The Balaban J connectivity index is 2.70. The van der Waals surface area contributed by atoms with Gasteiger partial charge in [-0.2, -0.15) is 15.0 Å². The van der Waals surface area contributed by atoms with Gasteiger partial charge in [0.2, 0.25) is 17.8 Å². The predicted octanol–water partition coefficient (Wildman–Crippen LogP) is 2.50. The van der Waals surface area contributed by atoms with Crippen LogP contribution in [-0.2, 0) is 9.47 Å². The Morgan fingerprint density at radius 1 is 0.897 bits per heavy atom. The molecule has 1 aromatic rings. The van der Waals surface area contributed by atoms with Crippen molar-refractivity contribution in [2.75, 3.05) is 68.1 Å². The van der Waals surface area contributed by atoms with Crippen molar-refractivity contribution in [3.63, 3.8) is 0 Å². The number of aromatic nitrogens is 3. The van der Waals surface area contributed by atoms with E-state index in [1.54, 1.807) is 0 Å². The summed E-state index contributed by atoms with van der Waals surface area (Å²) in [5, 5.41) is 6.55. The first kappa shape index (κ1) is 25.3. The van der Waals surface area contributed by atoms with Crippen LogP contribution in [0.4, 0.5) is 17.8 Å². The maximum Gasteiger partial charge on any atom is 0.231 e. The summed E-state index contributed by atoms with van der Waals surface area (Å²) in [6.07, 6.45) is 4.51. The molecule has 0 saturated carbocycles. The Kier molecular flexibility index (Phi) is 14.1. The normalized spacial score (nSPS) is 11.1. The van der Waals surface area contributed by atoms with Gasteiger partial charge in [-0.05, 0) is 26.7 Å². The van der Waals surface area contributed by atoms with Gasteiger partial charge in [0.05, 0.1) is 26.4 Å². The molecule has 0 amide bonds. The Morgan fingerprint density at radius 2 is 1.52 bits per heavy atom. The highest BCUT2D eigenvalue weighted by Gasteiger charge is 2.13. The minimum absolute atomic E-state index is 0.245. The number of nitrogens with two attached hydrogens (primary N) is 1. The molecule has 168 valence electrons. The highest BCUT2D eigenvalue weighted by molar-refractivity contribution is 5.44. The molecule has 9 nitrogen and oxygen atoms in total. The van der Waals surface area contributed by atoms with Gasteiger partial charge in [0.25, 0.3) is 0 Å². The average Bonchev–Trinajstić information content (AvgIpc) is 2.69. The fraction of sp³-hybridized carbons (Fsp3) is 0.850. The number of nitrogens with one attached hydrogen (secondary N) is 2. The van der Waals surface area contributed by atoms with Crippen LogP contribution in [0.15, 0.2) is 0 Å². The first-order chi connectivity index (χ1) is 14.1. The lowest BCUT2D eigenvalue weighted by Crippen LogP contribution is -2.29. The summed E-state index contributed by atoms with van der Waals surface area (Å²) in [6.45, 7) is 13.8. The maximum atomic E-state index is 5.56. The van der Waals surface area contributed by atoms with Crippen LogP contribution >= 0.6 is 0 Å².